The number of hydrogen-bond donors (Lipinski definition) is 2. The molecule has 1 amide bonds. The first-order valence-electron chi connectivity index (χ1n) is 6.77. The van der Waals surface area contributed by atoms with Gasteiger partial charge in [0.2, 0.25) is 0 Å². The molecule has 1 aromatic heterocycles. The molecule has 0 aliphatic carbocycles. The lowest BCUT2D eigenvalue weighted by Gasteiger charge is -2.31. The van der Waals surface area contributed by atoms with Gasteiger partial charge in [-0.05, 0) is 31.5 Å². The van der Waals surface area contributed by atoms with Crippen molar-refractivity contribution in [3.63, 3.8) is 0 Å². The Morgan fingerprint density at radius 1 is 1.37 bits per heavy atom. The van der Waals surface area contributed by atoms with Crippen LogP contribution in [0, 0.1) is 0 Å². The molecule has 6 nitrogen and oxygen atoms in total. The van der Waals surface area contributed by atoms with Gasteiger partial charge in [0, 0.05) is 26.2 Å². The summed E-state index contributed by atoms with van der Waals surface area (Å²) in [5.74, 6) is 0.526. The molecule has 1 aromatic rings. The Hall–Kier alpha value is -1.69. The summed E-state index contributed by atoms with van der Waals surface area (Å²) in [4.78, 5) is 13.8. The second-order valence-corrected chi connectivity index (χ2v) is 4.74. The number of nitrogens with zero attached hydrogens (tertiary/aromatic N) is 3. The number of carbonyl (C=O) groups excluding carboxylic acids is 1. The molecule has 0 bridgehead atoms. The van der Waals surface area contributed by atoms with Crippen LogP contribution in [0.1, 0.15) is 30.3 Å². The van der Waals surface area contributed by atoms with Crippen LogP contribution in [0.3, 0.4) is 0 Å². The molecule has 1 saturated heterocycles. The van der Waals surface area contributed by atoms with Gasteiger partial charge in [0.15, 0.2) is 5.69 Å². The normalized spacial score (nSPS) is 17.2. The van der Waals surface area contributed by atoms with E-state index >= 15 is 0 Å². The van der Waals surface area contributed by atoms with Crippen molar-refractivity contribution in [2.24, 2.45) is 0 Å². The number of amides is 1. The summed E-state index contributed by atoms with van der Waals surface area (Å²) in [5, 5.41) is 13.9. The molecule has 1 aliphatic heterocycles. The fraction of sp³-hybridized carbons (Fsp3) is 0.615. The van der Waals surface area contributed by atoms with Gasteiger partial charge in [-0.2, -0.15) is 0 Å². The Kier molecular flexibility index (Phi) is 4.68. The number of aromatic nitrogens is 2. The van der Waals surface area contributed by atoms with Gasteiger partial charge in [-0.3, -0.25) is 4.79 Å². The number of carbonyl (C=O) groups is 1. The molecule has 2 heterocycles. The van der Waals surface area contributed by atoms with Gasteiger partial charge < -0.3 is 15.5 Å². The maximum atomic E-state index is 11.3. The number of hydrogen-bond acceptors (Lipinski definition) is 5. The maximum absolute atomic E-state index is 11.3. The van der Waals surface area contributed by atoms with Crippen molar-refractivity contribution in [3.8, 4) is 0 Å². The molecule has 6 heteroatoms. The van der Waals surface area contributed by atoms with Crippen LogP contribution in [0.25, 0.3) is 0 Å². The molecule has 104 valence electrons. The Balaban J connectivity index is 1.88. The molecule has 19 heavy (non-hydrogen) atoms. The van der Waals surface area contributed by atoms with Crippen molar-refractivity contribution in [2.45, 2.75) is 25.8 Å². The average Bonchev–Trinajstić information content (AvgIpc) is 2.48. The lowest BCUT2D eigenvalue weighted by Crippen LogP contribution is -2.39. The average molecular weight is 263 g/mol. The fourth-order valence-electron chi connectivity index (χ4n) is 2.26. The Bertz CT molecular complexity index is 412. The van der Waals surface area contributed by atoms with Crippen molar-refractivity contribution in [3.05, 3.63) is 17.8 Å². The minimum absolute atomic E-state index is 0.213. The second-order valence-electron chi connectivity index (χ2n) is 4.74. The molecule has 1 fully saturated rings. The van der Waals surface area contributed by atoms with E-state index in [0.717, 1.165) is 38.3 Å². The molecule has 2 rings (SSSR count). The first kappa shape index (κ1) is 13.7. The van der Waals surface area contributed by atoms with E-state index in [1.165, 1.54) is 0 Å². The predicted molar refractivity (Wildman–Crippen MR) is 74.2 cm³/mol. The largest absolute Gasteiger partial charge is 0.366 e. The second kappa shape index (κ2) is 6.47. The van der Waals surface area contributed by atoms with E-state index in [4.69, 9.17) is 0 Å². The van der Waals surface area contributed by atoms with Crippen molar-refractivity contribution >= 4 is 11.7 Å². The Labute approximate surface area is 113 Å². The van der Waals surface area contributed by atoms with E-state index in [2.05, 4.69) is 32.7 Å². The van der Waals surface area contributed by atoms with E-state index < -0.39 is 0 Å². The van der Waals surface area contributed by atoms with Crippen LogP contribution >= 0.6 is 0 Å². The van der Waals surface area contributed by atoms with Gasteiger partial charge in [-0.1, -0.05) is 6.92 Å². The molecule has 0 radical (unpaired) electrons. The number of rotatable bonds is 4. The quantitative estimate of drug-likeness (QED) is 0.838. The molecule has 0 spiro atoms. The summed E-state index contributed by atoms with van der Waals surface area (Å²) >= 11 is 0. The molecule has 1 aliphatic rings. The summed E-state index contributed by atoms with van der Waals surface area (Å²) in [6.45, 7) is 5.56. The van der Waals surface area contributed by atoms with Crippen LogP contribution < -0.4 is 10.6 Å². The highest BCUT2D eigenvalue weighted by Crippen LogP contribution is 2.14. The third kappa shape index (κ3) is 3.64. The van der Waals surface area contributed by atoms with Gasteiger partial charge in [-0.15, -0.1) is 10.2 Å². The SMILES string of the molecule is CCN1CCC(Nc2ccc(C(=O)NC)nn2)CC1. The monoisotopic (exact) mass is 263 g/mol. The van der Waals surface area contributed by atoms with Crippen LogP contribution in [0.5, 0.6) is 0 Å². The molecule has 0 saturated carbocycles. The van der Waals surface area contributed by atoms with Gasteiger partial charge in [-0.25, -0.2) is 0 Å². The standard InChI is InChI=1S/C13H21N5O/c1-3-18-8-6-10(7-9-18)15-12-5-4-11(16-17-12)13(19)14-2/h4-5,10H,3,6-9H2,1-2H3,(H,14,19)(H,15,17). The van der Waals surface area contributed by atoms with E-state index in [1.807, 2.05) is 6.07 Å². The van der Waals surface area contributed by atoms with Crippen LogP contribution in [0.4, 0.5) is 5.82 Å². The van der Waals surface area contributed by atoms with E-state index in [1.54, 1.807) is 13.1 Å². The summed E-state index contributed by atoms with van der Waals surface area (Å²) < 4.78 is 0. The molecular weight excluding hydrogens is 242 g/mol. The Morgan fingerprint density at radius 2 is 2.11 bits per heavy atom. The van der Waals surface area contributed by atoms with Crippen LogP contribution in [-0.4, -0.2) is 53.7 Å². The molecular formula is C13H21N5O. The maximum Gasteiger partial charge on any atom is 0.271 e. The first-order chi connectivity index (χ1) is 9.22. The highest BCUT2D eigenvalue weighted by Gasteiger charge is 2.18. The van der Waals surface area contributed by atoms with Crippen LogP contribution in [-0.2, 0) is 0 Å². The predicted octanol–water partition coefficient (Wildman–Crippen LogP) is 0.732. The zero-order valence-electron chi connectivity index (χ0n) is 11.5. The van der Waals surface area contributed by atoms with Crippen molar-refractivity contribution < 1.29 is 4.79 Å². The smallest absolute Gasteiger partial charge is 0.271 e. The molecule has 0 unspecified atom stereocenters. The molecule has 2 N–H and O–H groups in total. The Morgan fingerprint density at radius 3 is 2.63 bits per heavy atom. The number of anilines is 1. The van der Waals surface area contributed by atoms with Gasteiger partial charge >= 0.3 is 0 Å². The van der Waals surface area contributed by atoms with Crippen molar-refractivity contribution in [1.82, 2.24) is 20.4 Å². The van der Waals surface area contributed by atoms with Gasteiger partial charge in [0.05, 0.1) is 0 Å². The first-order valence-corrected chi connectivity index (χ1v) is 6.77. The highest BCUT2D eigenvalue weighted by molar-refractivity contribution is 5.91. The van der Waals surface area contributed by atoms with E-state index in [9.17, 15) is 4.79 Å². The molecule has 0 atom stereocenters. The van der Waals surface area contributed by atoms with Gasteiger partial charge in [0.1, 0.15) is 5.82 Å². The fourth-order valence-corrected chi connectivity index (χ4v) is 2.26. The summed E-state index contributed by atoms with van der Waals surface area (Å²) in [6, 6.07) is 3.95. The number of piperidine rings is 1. The van der Waals surface area contributed by atoms with E-state index in [0.29, 0.717) is 11.7 Å². The lowest BCUT2D eigenvalue weighted by molar-refractivity contribution is 0.0957. The zero-order valence-corrected chi connectivity index (χ0v) is 11.5. The van der Waals surface area contributed by atoms with E-state index in [-0.39, 0.29) is 5.91 Å². The van der Waals surface area contributed by atoms with Crippen molar-refractivity contribution in [1.29, 1.82) is 0 Å². The third-order valence-electron chi connectivity index (χ3n) is 3.51. The number of likely N-dealkylation sites (tertiary alicyclic amines) is 1. The van der Waals surface area contributed by atoms with Crippen LogP contribution in [0.15, 0.2) is 12.1 Å². The minimum Gasteiger partial charge on any atom is -0.366 e. The lowest BCUT2D eigenvalue weighted by atomic mass is 10.1. The topological polar surface area (TPSA) is 70.2 Å². The van der Waals surface area contributed by atoms with Crippen molar-refractivity contribution in [2.75, 3.05) is 32.0 Å². The number of nitrogens with one attached hydrogen (secondary N) is 2. The summed E-state index contributed by atoms with van der Waals surface area (Å²) in [6.07, 6.45) is 2.24. The van der Waals surface area contributed by atoms with Gasteiger partial charge in [0.25, 0.3) is 5.91 Å². The highest BCUT2D eigenvalue weighted by atomic mass is 16.1. The summed E-state index contributed by atoms with van der Waals surface area (Å²) in [7, 11) is 1.58. The zero-order chi connectivity index (χ0) is 13.7. The molecule has 0 aromatic carbocycles. The van der Waals surface area contributed by atoms with Crippen LogP contribution in [0.2, 0.25) is 0 Å². The summed E-state index contributed by atoms with van der Waals surface area (Å²) in [5.41, 5.74) is 0.342. The third-order valence-corrected chi connectivity index (χ3v) is 3.51. The minimum atomic E-state index is -0.213.